The standard InChI is InChI=1S/C6H14.FH2O3P/c1-5(2)6(3)4;1-4-5(2)3/h5-6H,1-4H3;5H,(H,2,3). The minimum absolute atomic E-state index is 0.852. The second kappa shape index (κ2) is 8.18. The van der Waals surface area contributed by atoms with Crippen molar-refractivity contribution >= 4 is 8.25 Å². The number of hydrogen-bond acceptors (Lipinski definition) is 2. The third kappa shape index (κ3) is 17.8. The molecule has 0 aromatic heterocycles. The fourth-order valence-electron chi connectivity index (χ4n) is 0. The monoisotopic (exact) mass is 186 g/mol. The van der Waals surface area contributed by atoms with Crippen LogP contribution in [0.2, 0.25) is 0 Å². The molecule has 0 aromatic rings. The molecule has 0 saturated carbocycles. The summed E-state index contributed by atoms with van der Waals surface area (Å²) in [5.41, 5.74) is 0. The Kier molecular flexibility index (Phi) is 10.2. The Balaban J connectivity index is 0. The maximum atomic E-state index is 10.1. The first-order valence-electron chi connectivity index (χ1n) is 3.43. The molecule has 0 fully saturated rings. The van der Waals surface area contributed by atoms with Gasteiger partial charge in [0.2, 0.25) is 0 Å². The van der Waals surface area contributed by atoms with Gasteiger partial charge < -0.3 is 4.89 Å². The Bertz CT molecular complexity index is 100. The van der Waals surface area contributed by atoms with E-state index >= 15 is 0 Å². The fourth-order valence-corrected chi connectivity index (χ4v) is 0. The van der Waals surface area contributed by atoms with Crippen molar-refractivity contribution in [3.8, 4) is 0 Å². The summed E-state index contributed by atoms with van der Waals surface area (Å²) in [6, 6.07) is 0. The van der Waals surface area contributed by atoms with Crippen LogP contribution in [0.15, 0.2) is 0 Å². The van der Waals surface area contributed by atoms with E-state index in [1.54, 1.807) is 0 Å². The molecule has 0 saturated heterocycles. The molecule has 5 heteroatoms. The molecule has 0 aliphatic carbocycles. The predicted octanol–water partition coefficient (Wildman–Crippen LogP) is 2.57. The Morgan fingerprint density at radius 3 is 1.45 bits per heavy atom. The summed E-state index contributed by atoms with van der Waals surface area (Å²) in [5, 5.41) is 0. The lowest BCUT2D eigenvalue weighted by Gasteiger charge is -2.05. The highest BCUT2D eigenvalue weighted by molar-refractivity contribution is 7.31. The molecule has 0 aliphatic heterocycles. The van der Waals surface area contributed by atoms with E-state index in [-0.39, 0.29) is 0 Å². The van der Waals surface area contributed by atoms with E-state index < -0.39 is 8.25 Å². The van der Waals surface area contributed by atoms with Crippen LogP contribution < -0.4 is 0 Å². The van der Waals surface area contributed by atoms with Crippen molar-refractivity contribution in [1.29, 1.82) is 0 Å². The topological polar surface area (TPSA) is 46.5 Å². The first-order chi connectivity index (χ1) is 4.91. The average molecular weight is 186 g/mol. The molecule has 1 N–H and O–H groups in total. The van der Waals surface area contributed by atoms with Crippen LogP contribution >= 0.6 is 8.25 Å². The molecule has 0 aliphatic rings. The van der Waals surface area contributed by atoms with Gasteiger partial charge in [0.25, 0.3) is 0 Å². The van der Waals surface area contributed by atoms with Gasteiger partial charge >= 0.3 is 8.25 Å². The minimum atomic E-state index is -3.29. The smallest absolute Gasteiger partial charge is 0.325 e. The van der Waals surface area contributed by atoms with Crippen LogP contribution in [0, 0.1) is 11.8 Å². The Morgan fingerprint density at radius 1 is 1.27 bits per heavy atom. The Labute approximate surface area is 67.4 Å². The van der Waals surface area contributed by atoms with E-state index in [4.69, 9.17) is 9.46 Å². The summed E-state index contributed by atoms with van der Waals surface area (Å²) < 4.78 is 21.4. The van der Waals surface area contributed by atoms with Crippen LogP contribution in [0.3, 0.4) is 0 Å². The van der Waals surface area contributed by atoms with Crippen LogP contribution in [0.5, 0.6) is 0 Å². The van der Waals surface area contributed by atoms with Gasteiger partial charge in [0.1, 0.15) is 0 Å². The highest BCUT2D eigenvalue weighted by Crippen LogP contribution is 2.12. The van der Waals surface area contributed by atoms with E-state index in [9.17, 15) is 4.53 Å². The molecule has 0 amide bonds. The zero-order chi connectivity index (χ0) is 9.44. The molecule has 11 heavy (non-hydrogen) atoms. The zero-order valence-electron chi connectivity index (χ0n) is 7.30. The maximum Gasteiger partial charge on any atom is 0.350 e. The Hall–Kier alpha value is 0.0800. The summed E-state index contributed by atoms with van der Waals surface area (Å²) >= 11 is 0. The van der Waals surface area contributed by atoms with Crippen LogP contribution in [0.1, 0.15) is 27.7 Å². The van der Waals surface area contributed by atoms with Gasteiger partial charge in [-0.15, -0.1) is 4.73 Å². The quantitative estimate of drug-likeness (QED) is 0.674. The lowest BCUT2D eigenvalue weighted by molar-refractivity contribution is -0.00917. The van der Waals surface area contributed by atoms with Gasteiger partial charge in [-0.25, -0.2) is 0 Å². The SMILES string of the molecule is CC(C)C(C)C.O=[PH](O)OF. The summed E-state index contributed by atoms with van der Waals surface area (Å²) in [4.78, 5) is 7.31. The fraction of sp³-hybridized carbons (Fsp3) is 1.00. The summed E-state index contributed by atoms with van der Waals surface area (Å²) in [6.45, 7) is 8.96. The molecule has 0 bridgehead atoms. The largest absolute Gasteiger partial charge is 0.350 e. The van der Waals surface area contributed by atoms with Gasteiger partial charge in [-0.3, -0.25) is 4.57 Å². The molecular weight excluding hydrogens is 170 g/mol. The molecule has 0 heterocycles. The normalized spacial score (nSPS) is 12.7. The van der Waals surface area contributed by atoms with Crippen molar-refractivity contribution in [3.05, 3.63) is 0 Å². The van der Waals surface area contributed by atoms with Gasteiger partial charge in [0.05, 0.1) is 0 Å². The molecule has 1 unspecified atom stereocenters. The third-order valence-electron chi connectivity index (χ3n) is 1.40. The van der Waals surface area contributed by atoms with Gasteiger partial charge in [0, 0.05) is 0 Å². The van der Waals surface area contributed by atoms with Crippen molar-refractivity contribution < 1.29 is 18.7 Å². The van der Waals surface area contributed by atoms with Crippen molar-refractivity contribution in [3.63, 3.8) is 0 Å². The lowest BCUT2D eigenvalue weighted by atomic mass is 10.0. The van der Waals surface area contributed by atoms with E-state index in [0.29, 0.717) is 0 Å². The van der Waals surface area contributed by atoms with Gasteiger partial charge in [-0.2, -0.15) is 0 Å². The number of rotatable bonds is 2. The van der Waals surface area contributed by atoms with Crippen LogP contribution in [-0.4, -0.2) is 4.89 Å². The summed E-state index contributed by atoms with van der Waals surface area (Å²) in [5.74, 6) is 1.70. The highest BCUT2D eigenvalue weighted by atomic mass is 31.1. The third-order valence-corrected chi connectivity index (χ3v) is 1.53. The summed E-state index contributed by atoms with van der Waals surface area (Å²) in [7, 11) is -3.29. The first-order valence-corrected chi connectivity index (χ1v) is 4.69. The Morgan fingerprint density at radius 2 is 1.45 bits per heavy atom. The van der Waals surface area contributed by atoms with Crippen LogP contribution in [-0.2, 0) is 9.29 Å². The van der Waals surface area contributed by atoms with Gasteiger partial charge in [-0.1, -0.05) is 27.7 Å². The van der Waals surface area contributed by atoms with Gasteiger partial charge in [0.15, 0.2) is 0 Å². The van der Waals surface area contributed by atoms with Crippen molar-refractivity contribution in [2.45, 2.75) is 27.7 Å². The number of hydrogen-bond donors (Lipinski definition) is 1. The van der Waals surface area contributed by atoms with Crippen LogP contribution in [0.25, 0.3) is 0 Å². The molecule has 0 radical (unpaired) electrons. The lowest BCUT2D eigenvalue weighted by Crippen LogP contribution is -1.95. The second-order valence-electron chi connectivity index (χ2n) is 2.83. The molecule has 0 rings (SSSR count). The number of halogens is 1. The van der Waals surface area contributed by atoms with E-state index in [1.807, 2.05) is 0 Å². The maximum absolute atomic E-state index is 10.1. The first kappa shape index (κ1) is 13.7. The van der Waals surface area contributed by atoms with Crippen molar-refractivity contribution in [2.24, 2.45) is 11.8 Å². The molecule has 1 atom stereocenters. The summed E-state index contributed by atoms with van der Waals surface area (Å²) in [6.07, 6.45) is 0. The minimum Gasteiger partial charge on any atom is -0.325 e. The molecule has 70 valence electrons. The predicted molar refractivity (Wildman–Crippen MR) is 43.1 cm³/mol. The average Bonchev–Trinajstić information content (AvgIpc) is 1.89. The highest BCUT2D eigenvalue weighted by Gasteiger charge is 1.95. The molecule has 3 nitrogen and oxygen atoms in total. The van der Waals surface area contributed by atoms with E-state index in [2.05, 4.69) is 32.4 Å². The van der Waals surface area contributed by atoms with E-state index in [0.717, 1.165) is 11.8 Å². The molecule has 0 aromatic carbocycles. The van der Waals surface area contributed by atoms with E-state index in [1.165, 1.54) is 0 Å². The van der Waals surface area contributed by atoms with Crippen molar-refractivity contribution in [1.82, 2.24) is 0 Å². The second-order valence-corrected chi connectivity index (χ2v) is 3.52. The van der Waals surface area contributed by atoms with Crippen LogP contribution in [0.4, 0.5) is 4.53 Å². The molecular formula is C6H16FO3P. The molecule has 0 spiro atoms. The van der Waals surface area contributed by atoms with Gasteiger partial charge in [-0.05, 0) is 16.4 Å². The zero-order valence-corrected chi connectivity index (χ0v) is 8.30. The van der Waals surface area contributed by atoms with Crippen molar-refractivity contribution in [2.75, 3.05) is 0 Å².